The summed E-state index contributed by atoms with van der Waals surface area (Å²) in [7, 11) is 1.63. The maximum Gasteiger partial charge on any atom is 0.417 e. The third kappa shape index (κ3) is 2.48. The normalized spacial score (nSPS) is 30.8. The largest absolute Gasteiger partial charge is 0.417 e. The lowest BCUT2D eigenvalue weighted by Crippen LogP contribution is -2.64. The Hall–Kier alpha value is -1.87. The Labute approximate surface area is 155 Å². The van der Waals surface area contributed by atoms with Crippen molar-refractivity contribution in [2.45, 2.75) is 12.2 Å². The summed E-state index contributed by atoms with van der Waals surface area (Å²) in [6.07, 6.45) is -0.950. The molecule has 2 unspecified atom stereocenters. The molecule has 2 amide bonds. The quantitative estimate of drug-likeness (QED) is 0.643. The number of likely N-dealkylation sites (N-methyl/N-ethyl adjacent to an activating group) is 1. The average Bonchev–Trinajstić information content (AvgIpc) is 2.58. The molecule has 0 N–H and O–H groups in total. The Kier molecular flexibility index (Phi) is 3.92. The average molecular weight is 431 g/mol. The van der Waals surface area contributed by atoms with Crippen LogP contribution in [0.25, 0.3) is 0 Å². The molecule has 1 aromatic rings. The molecule has 3 heterocycles. The third-order valence-corrected chi connectivity index (χ3v) is 5.95. The number of fused-ring (bicyclic) bond motifs is 1. The van der Waals surface area contributed by atoms with E-state index in [1.807, 2.05) is 6.08 Å². The fourth-order valence-corrected chi connectivity index (χ4v) is 4.42. The molecule has 0 aromatic heterocycles. The number of hydroxylamine groups is 1. The minimum absolute atomic E-state index is 0.0170. The molecule has 1 aliphatic carbocycles. The van der Waals surface area contributed by atoms with Crippen molar-refractivity contribution in [2.24, 2.45) is 17.8 Å². The number of rotatable bonds is 1. The van der Waals surface area contributed by atoms with Crippen LogP contribution in [0.1, 0.15) is 5.56 Å². The fourth-order valence-electron chi connectivity index (χ4n) is 3.94. The maximum absolute atomic E-state index is 13.2. The van der Waals surface area contributed by atoms with Crippen LogP contribution in [0.5, 0.6) is 0 Å². The zero-order valence-electron chi connectivity index (χ0n) is 13.5. The molecule has 26 heavy (non-hydrogen) atoms. The van der Waals surface area contributed by atoms with Gasteiger partial charge >= 0.3 is 6.18 Å². The molecule has 2 fully saturated rings. The van der Waals surface area contributed by atoms with E-state index in [2.05, 4.69) is 15.9 Å². The second kappa shape index (κ2) is 5.82. The van der Waals surface area contributed by atoms with Gasteiger partial charge in [-0.3, -0.25) is 14.4 Å². The summed E-state index contributed by atoms with van der Waals surface area (Å²) in [4.78, 5) is 32.3. The maximum atomic E-state index is 13.2. The van der Waals surface area contributed by atoms with Gasteiger partial charge in [-0.05, 0) is 18.2 Å². The zero-order chi connectivity index (χ0) is 18.8. The highest BCUT2D eigenvalue weighted by atomic mass is 79.9. The monoisotopic (exact) mass is 430 g/mol. The summed E-state index contributed by atoms with van der Waals surface area (Å²) < 4.78 is 39.3. The van der Waals surface area contributed by atoms with Crippen molar-refractivity contribution in [2.75, 3.05) is 18.7 Å². The van der Waals surface area contributed by atoms with Gasteiger partial charge in [0, 0.05) is 17.4 Å². The first kappa shape index (κ1) is 17.5. The number of benzene rings is 1. The number of piperidine rings is 1. The SMILES string of the molecule is CN1C(=O)C2C=CC1[C@H]1C(=O)N(c3ccc(Br)c(C(F)(F)F)c3)OC[C@@H]21. The van der Waals surface area contributed by atoms with Gasteiger partial charge in [0.2, 0.25) is 5.91 Å². The van der Waals surface area contributed by atoms with E-state index in [-0.39, 0.29) is 28.6 Å². The molecule has 0 spiro atoms. The number of hydrogen-bond acceptors (Lipinski definition) is 3. The first-order valence-electron chi connectivity index (χ1n) is 7.99. The van der Waals surface area contributed by atoms with Crippen molar-refractivity contribution < 1.29 is 27.6 Å². The molecule has 2 bridgehead atoms. The van der Waals surface area contributed by atoms with Crippen molar-refractivity contribution in [1.29, 1.82) is 0 Å². The summed E-state index contributed by atoms with van der Waals surface area (Å²) in [6.45, 7) is 0.0961. The van der Waals surface area contributed by atoms with Crippen LogP contribution >= 0.6 is 15.9 Å². The second-order valence-corrected chi connectivity index (χ2v) is 7.48. The number of carbonyl (C=O) groups excluding carboxylic acids is 2. The Morgan fingerprint density at radius 1 is 1.19 bits per heavy atom. The second-order valence-electron chi connectivity index (χ2n) is 6.63. The van der Waals surface area contributed by atoms with Crippen LogP contribution in [0.3, 0.4) is 0 Å². The molecule has 4 aliphatic rings. The van der Waals surface area contributed by atoms with Crippen molar-refractivity contribution in [3.63, 3.8) is 0 Å². The Morgan fingerprint density at radius 2 is 1.92 bits per heavy atom. The van der Waals surface area contributed by atoms with Crippen molar-refractivity contribution in [1.82, 2.24) is 4.90 Å². The minimum Gasteiger partial charge on any atom is -0.338 e. The summed E-state index contributed by atoms with van der Waals surface area (Å²) in [5.41, 5.74) is -0.866. The number of alkyl halides is 3. The molecule has 0 saturated carbocycles. The van der Waals surface area contributed by atoms with Crippen LogP contribution in [-0.4, -0.2) is 36.4 Å². The summed E-state index contributed by atoms with van der Waals surface area (Å²) >= 11 is 2.88. The summed E-state index contributed by atoms with van der Waals surface area (Å²) in [5, 5.41) is 0.926. The topological polar surface area (TPSA) is 49.9 Å². The molecule has 9 heteroatoms. The van der Waals surface area contributed by atoms with Crippen molar-refractivity contribution >= 4 is 33.4 Å². The highest BCUT2D eigenvalue weighted by Gasteiger charge is 2.55. The van der Waals surface area contributed by atoms with Gasteiger partial charge in [0.15, 0.2) is 0 Å². The molecule has 5 rings (SSSR count). The van der Waals surface area contributed by atoms with Crippen LogP contribution in [0, 0.1) is 17.8 Å². The first-order valence-corrected chi connectivity index (χ1v) is 8.78. The van der Waals surface area contributed by atoms with Crippen molar-refractivity contribution in [3.05, 3.63) is 40.4 Å². The van der Waals surface area contributed by atoms with E-state index in [1.54, 1.807) is 13.1 Å². The highest BCUT2D eigenvalue weighted by Crippen LogP contribution is 2.44. The van der Waals surface area contributed by atoms with E-state index in [0.29, 0.717) is 0 Å². The molecular weight excluding hydrogens is 417 g/mol. The molecule has 1 aromatic carbocycles. The number of nitrogens with zero attached hydrogens (tertiary/aromatic N) is 2. The van der Waals surface area contributed by atoms with E-state index in [9.17, 15) is 22.8 Å². The lowest BCUT2D eigenvalue weighted by atomic mass is 9.68. The van der Waals surface area contributed by atoms with Gasteiger partial charge < -0.3 is 4.90 Å². The summed E-state index contributed by atoms with van der Waals surface area (Å²) in [6, 6.07) is 3.11. The smallest absolute Gasteiger partial charge is 0.338 e. The van der Waals surface area contributed by atoms with E-state index >= 15 is 0 Å². The van der Waals surface area contributed by atoms with Gasteiger partial charge in [-0.2, -0.15) is 18.2 Å². The van der Waals surface area contributed by atoms with E-state index in [0.717, 1.165) is 11.1 Å². The lowest BCUT2D eigenvalue weighted by molar-refractivity contribution is -0.162. The molecular formula is C17H14BrF3N2O3. The Bertz CT molecular complexity index is 826. The highest BCUT2D eigenvalue weighted by molar-refractivity contribution is 9.10. The lowest BCUT2D eigenvalue weighted by Gasteiger charge is -2.51. The van der Waals surface area contributed by atoms with Gasteiger partial charge in [0.05, 0.1) is 35.7 Å². The van der Waals surface area contributed by atoms with Crippen LogP contribution < -0.4 is 5.06 Å². The molecule has 0 radical (unpaired) electrons. The standard InChI is InChI=1S/C17H14BrF3N2O3/c1-22-13-5-3-9(15(22)24)10-7-26-23(16(25)14(10)13)8-2-4-12(18)11(6-8)17(19,20)21/h2-6,9-10,13-14H,7H2,1H3/t9?,10-,13?,14-/m0/s1. The Balaban J connectivity index is 1.69. The summed E-state index contributed by atoms with van der Waals surface area (Å²) in [5.74, 6) is -1.76. The number of amides is 2. The predicted molar refractivity (Wildman–Crippen MR) is 88.8 cm³/mol. The molecule has 5 nitrogen and oxygen atoms in total. The van der Waals surface area contributed by atoms with E-state index < -0.39 is 35.5 Å². The van der Waals surface area contributed by atoms with Gasteiger partial charge in [-0.25, -0.2) is 0 Å². The number of halogens is 4. The molecule has 3 aliphatic heterocycles. The third-order valence-electron chi connectivity index (χ3n) is 5.26. The van der Waals surface area contributed by atoms with Crippen molar-refractivity contribution in [3.8, 4) is 0 Å². The first-order chi connectivity index (χ1) is 12.2. The zero-order valence-corrected chi connectivity index (χ0v) is 15.1. The van der Waals surface area contributed by atoms with Crippen LogP contribution in [0.2, 0.25) is 0 Å². The van der Waals surface area contributed by atoms with Crippen LogP contribution in [0.15, 0.2) is 34.8 Å². The fraction of sp³-hybridized carbons (Fsp3) is 0.412. The Morgan fingerprint density at radius 3 is 2.62 bits per heavy atom. The van der Waals surface area contributed by atoms with Gasteiger partial charge in [-0.1, -0.05) is 28.1 Å². The van der Waals surface area contributed by atoms with E-state index in [1.165, 1.54) is 17.0 Å². The number of carbonyl (C=O) groups is 2. The number of anilines is 1. The molecule has 4 atom stereocenters. The van der Waals surface area contributed by atoms with Crippen LogP contribution in [0.4, 0.5) is 18.9 Å². The van der Waals surface area contributed by atoms with E-state index in [4.69, 9.17) is 4.84 Å². The predicted octanol–water partition coefficient (Wildman–Crippen LogP) is 3.01. The van der Waals surface area contributed by atoms with Gasteiger partial charge in [0.25, 0.3) is 5.91 Å². The van der Waals surface area contributed by atoms with Gasteiger partial charge in [0.1, 0.15) is 0 Å². The number of hydrogen-bond donors (Lipinski definition) is 0. The molecule has 138 valence electrons. The minimum atomic E-state index is -4.56. The molecule has 2 saturated heterocycles. The van der Waals surface area contributed by atoms with Gasteiger partial charge in [-0.15, -0.1) is 0 Å². The van der Waals surface area contributed by atoms with Crippen LogP contribution in [-0.2, 0) is 20.6 Å².